The van der Waals surface area contributed by atoms with Gasteiger partial charge in [-0.1, -0.05) is 34.1 Å². The van der Waals surface area contributed by atoms with Crippen LogP contribution in [0.5, 0.6) is 0 Å². The van der Waals surface area contributed by atoms with Crippen molar-refractivity contribution < 1.29 is 4.79 Å². The van der Waals surface area contributed by atoms with Crippen LogP contribution in [0.1, 0.15) is 5.56 Å². The summed E-state index contributed by atoms with van der Waals surface area (Å²) in [6.45, 7) is 0. The van der Waals surface area contributed by atoms with Gasteiger partial charge in [0.2, 0.25) is 0 Å². The van der Waals surface area contributed by atoms with Gasteiger partial charge in [-0.05, 0) is 17.7 Å². The van der Waals surface area contributed by atoms with E-state index in [9.17, 15) is 4.79 Å². The lowest BCUT2D eigenvalue weighted by molar-refractivity contribution is -0.119. The first-order valence-corrected chi connectivity index (χ1v) is 5.29. The number of nitrogens with one attached hydrogen (secondary N) is 1. The van der Waals surface area contributed by atoms with Crippen LogP contribution in [0.15, 0.2) is 34.8 Å². The molecule has 1 aromatic rings. The number of hydrogen-bond donors (Lipinski definition) is 1. The molecule has 15 heavy (non-hydrogen) atoms. The molecule has 0 bridgehead atoms. The molecule has 0 saturated carbocycles. The van der Waals surface area contributed by atoms with E-state index in [0.29, 0.717) is 0 Å². The molecule has 0 heterocycles. The van der Waals surface area contributed by atoms with E-state index in [1.54, 1.807) is 25.2 Å². The van der Waals surface area contributed by atoms with Crippen molar-refractivity contribution in [3.8, 4) is 0 Å². The van der Waals surface area contributed by atoms with Gasteiger partial charge in [0.15, 0.2) is 0 Å². The number of hydrazine groups is 1. The van der Waals surface area contributed by atoms with Crippen LogP contribution in [0.25, 0.3) is 6.08 Å². The first kappa shape index (κ1) is 11.9. The lowest BCUT2D eigenvalue weighted by Gasteiger charge is -2.08. The van der Waals surface area contributed by atoms with Crippen LogP contribution in [-0.4, -0.2) is 25.0 Å². The Labute approximate surface area is 97.9 Å². The van der Waals surface area contributed by atoms with Crippen molar-refractivity contribution in [2.24, 2.45) is 0 Å². The molecule has 1 aromatic carbocycles. The van der Waals surface area contributed by atoms with E-state index in [0.717, 1.165) is 10.0 Å². The van der Waals surface area contributed by atoms with Gasteiger partial charge in [0.05, 0.1) is 0 Å². The SMILES string of the molecule is CN(C)NC(=O)/C=C/c1ccccc1Br. The maximum absolute atomic E-state index is 11.3. The average Bonchev–Trinajstić information content (AvgIpc) is 2.15. The quantitative estimate of drug-likeness (QED) is 0.673. The zero-order valence-electron chi connectivity index (χ0n) is 8.70. The Morgan fingerprint density at radius 2 is 2.07 bits per heavy atom. The Hall–Kier alpha value is -1.13. The second kappa shape index (κ2) is 5.68. The van der Waals surface area contributed by atoms with E-state index in [-0.39, 0.29) is 5.91 Å². The summed E-state index contributed by atoms with van der Waals surface area (Å²) in [4.78, 5) is 11.3. The fourth-order valence-corrected chi connectivity index (χ4v) is 1.45. The number of carbonyl (C=O) groups is 1. The van der Waals surface area contributed by atoms with E-state index in [1.165, 1.54) is 6.08 Å². The number of halogens is 1. The summed E-state index contributed by atoms with van der Waals surface area (Å²) in [5, 5.41) is 1.60. The van der Waals surface area contributed by atoms with Crippen molar-refractivity contribution in [1.29, 1.82) is 0 Å². The minimum Gasteiger partial charge on any atom is -0.286 e. The van der Waals surface area contributed by atoms with Gasteiger partial charge in [0, 0.05) is 24.6 Å². The Kier molecular flexibility index (Phi) is 4.52. The van der Waals surface area contributed by atoms with Crippen molar-refractivity contribution in [2.75, 3.05) is 14.1 Å². The summed E-state index contributed by atoms with van der Waals surface area (Å²) in [5.41, 5.74) is 3.60. The fourth-order valence-electron chi connectivity index (χ4n) is 1.03. The minimum atomic E-state index is -0.143. The van der Waals surface area contributed by atoms with Crippen LogP contribution in [0, 0.1) is 0 Å². The lowest BCUT2D eigenvalue weighted by atomic mass is 10.2. The summed E-state index contributed by atoms with van der Waals surface area (Å²) < 4.78 is 0.971. The molecule has 4 heteroatoms. The number of benzene rings is 1. The highest BCUT2D eigenvalue weighted by molar-refractivity contribution is 9.10. The highest BCUT2D eigenvalue weighted by Gasteiger charge is 1.97. The fraction of sp³-hybridized carbons (Fsp3) is 0.182. The topological polar surface area (TPSA) is 32.3 Å². The predicted octanol–water partition coefficient (Wildman–Crippen LogP) is 2.06. The molecule has 1 rings (SSSR count). The second-order valence-electron chi connectivity index (χ2n) is 3.23. The van der Waals surface area contributed by atoms with Gasteiger partial charge < -0.3 is 0 Å². The van der Waals surface area contributed by atoms with Crippen molar-refractivity contribution in [3.05, 3.63) is 40.4 Å². The summed E-state index contributed by atoms with van der Waals surface area (Å²) in [7, 11) is 3.54. The molecule has 0 saturated heterocycles. The van der Waals surface area contributed by atoms with Crippen LogP contribution in [0.4, 0.5) is 0 Å². The molecular weight excluding hydrogens is 256 g/mol. The van der Waals surface area contributed by atoms with E-state index in [2.05, 4.69) is 21.4 Å². The summed E-state index contributed by atoms with van der Waals surface area (Å²) in [6.07, 6.45) is 3.27. The molecule has 0 radical (unpaired) electrons. The first-order chi connectivity index (χ1) is 7.09. The predicted molar refractivity (Wildman–Crippen MR) is 65.0 cm³/mol. The molecule has 0 spiro atoms. The number of rotatable bonds is 3. The first-order valence-electron chi connectivity index (χ1n) is 4.50. The highest BCUT2D eigenvalue weighted by Crippen LogP contribution is 2.16. The Morgan fingerprint density at radius 3 is 2.67 bits per heavy atom. The molecule has 3 nitrogen and oxygen atoms in total. The van der Waals surface area contributed by atoms with Gasteiger partial charge >= 0.3 is 0 Å². The van der Waals surface area contributed by atoms with Gasteiger partial charge in [-0.3, -0.25) is 10.2 Å². The van der Waals surface area contributed by atoms with E-state index in [4.69, 9.17) is 0 Å². The third-order valence-electron chi connectivity index (χ3n) is 1.65. The monoisotopic (exact) mass is 268 g/mol. The third-order valence-corrected chi connectivity index (χ3v) is 2.38. The Bertz CT molecular complexity index is 375. The Morgan fingerprint density at radius 1 is 1.40 bits per heavy atom. The van der Waals surface area contributed by atoms with Crippen molar-refractivity contribution in [3.63, 3.8) is 0 Å². The molecule has 0 aliphatic heterocycles. The Balaban J connectivity index is 2.66. The van der Waals surface area contributed by atoms with E-state index >= 15 is 0 Å². The zero-order valence-corrected chi connectivity index (χ0v) is 10.3. The highest BCUT2D eigenvalue weighted by atomic mass is 79.9. The van der Waals surface area contributed by atoms with Crippen molar-refractivity contribution in [1.82, 2.24) is 10.4 Å². The number of amides is 1. The molecule has 1 N–H and O–H groups in total. The molecule has 0 aliphatic carbocycles. The molecule has 0 unspecified atom stereocenters. The van der Waals surface area contributed by atoms with E-state index in [1.807, 2.05) is 24.3 Å². The number of nitrogens with zero attached hydrogens (tertiary/aromatic N) is 1. The third kappa shape index (κ3) is 4.27. The summed E-state index contributed by atoms with van der Waals surface area (Å²) in [6, 6.07) is 7.72. The molecule has 0 atom stereocenters. The van der Waals surface area contributed by atoms with Gasteiger partial charge in [-0.25, -0.2) is 5.01 Å². The molecular formula is C11H13BrN2O. The smallest absolute Gasteiger partial charge is 0.258 e. The van der Waals surface area contributed by atoms with Crippen LogP contribution in [-0.2, 0) is 4.79 Å². The van der Waals surface area contributed by atoms with Crippen LogP contribution < -0.4 is 5.43 Å². The molecule has 0 aromatic heterocycles. The lowest BCUT2D eigenvalue weighted by Crippen LogP contribution is -2.34. The van der Waals surface area contributed by atoms with Crippen molar-refractivity contribution in [2.45, 2.75) is 0 Å². The number of hydrogen-bond acceptors (Lipinski definition) is 2. The normalized spacial score (nSPS) is 10.9. The second-order valence-corrected chi connectivity index (χ2v) is 4.08. The van der Waals surface area contributed by atoms with Crippen LogP contribution in [0.3, 0.4) is 0 Å². The standard InChI is InChI=1S/C11H13BrN2O/c1-14(2)13-11(15)8-7-9-5-3-4-6-10(9)12/h3-8H,1-2H3,(H,13,15)/b8-7+. The van der Waals surface area contributed by atoms with Crippen LogP contribution in [0.2, 0.25) is 0 Å². The van der Waals surface area contributed by atoms with Gasteiger partial charge in [-0.15, -0.1) is 0 Å². The minimum absolute atomic E-state index is 0.143. The number of carbonyl (C=O) groups excluding carboxylic acids is 1. The maximum Gasteiger partial charge on any atom is 0.258 e. The van der Waals surface area contributed by atoms with Crippen molar-refractivity contribution >= 4 is 27.9 Å². The molecule has 0 aliphatic rings. The zero-order chi connectivity index (χ0) is 11.3. The molecule has 80 valence electrons. The summed E-state index contributed by atoms with van der Waals surface area (Å²) in [5.74, 6) is -0.143. The van der Waals surface area contributed by atoms with Crippen LogP contribution >= 0.6 is 15.9 Å². The molecule has 1 amide bonds. The van der Waals surface area contributed by atoms with Gasteiger partial charge in [0.1, 0.15) is 0 Å². The molecule has 0 fully saturated rings. The largest absolute Gasteiger partial charge is 0.286 e. The summed E-state index contributed by atoms with van der Waals surface area (Å²) >= 11 is 3.40. The van der Waals surface area contributed by atoms with Gasteiger partial charge in [-0.2, -0.15) is 0 Å². The maximum atomic E-state index is 11.3. The average molecular weight is 269 g/mol. The van der Waals surface area contributed by atoms with E-state index < -0.39 is 0 Å². The van der Waals surface area contributed by atoms with Gasteiger partial charge in [0.25, 0.3) is 5.91 Å².